The zero-order chi connectivity index (χ0) is 13.9. The Morgan fingerprint density at radius 1 is 1.21 bits per heavy atom. The van der Waals surface area contributed by atoms with Crippen LogP contribution in [0.15, 0.2) is 30.3 Å². The van der Waals surface area contributed by atoms with Gasteiger partial charge in [-0.2, -0.15) is 0 Å². The minimum atomic E-state index is -0.460. The first-order valence-corrected chi connectivity index (χ1v) is 7.00. The molecule has 1 aromatic carbocycles. The molecular formula is C16H23NO2. The van der Waals surface area contributed by atoms with Gasteiger partial charge in [-0.05, 0) is 52.4 Å². The van der Waals surface area contributed by atoms with Gasteiger partial charge in [-0.3, -0.25) is 4.79 Å². The lowest BCUT2D eigenvalue weighted by Gasteiger charge is -2.39. The molecule has 2 rings (SSSR count). The number of hydrogen-bond donors (Lipinski definition) is 0. The molecule has 1 saturated heterocycles. The molecule has 0 atom stereocenters. The zero-order valence-electron chi connectivity index (χ0n) is 12.1. The van der Waals surface area contributed by atoms with Crippen LogP contribution in [0, 0.1) is 0 Å². The lowest BCUT2D eigenvalue weighted by Crippen LogP contribution is -2.47. The number of carbonyl (C=O) groups excluding carboxylic acids is 1. The zero-order valence-corrected chi connectivity index (χ0v) is 12.1. The fourth-order valence-corrected chi connectivity index (χ4v) is 2.69. The highest BCUT2D eigenvalue weighted by atomic mass is 16.5. The average molecular weight is 261 g/mol. The van der Waals surface area contributed by atoms with Crippen molar-refractivity contribution in [3.63, 3.8) is 0 Å². The summed E-state index contributed by atoms with van der Waals surface area (Å²) in [6, 6.07) is 10.1. The van der Waals surface area contributed by atoms with Crippen molar-refractivity contribution in [2.45, 2.75) is 38.2 Å². The molecule has 0 unspecified atom stereocenters. The molecule has 3 nitrogen and oxygen atoms in total. The second-order valence-corrected chi connectivity index (χ2v) is 5.71. The Morgan fingerprint density at radius 3 is 2.32 bits per heavy atom. The Kier molecular flexibility index (Phi) is 4.25. The average Bonchev–Trinajstić information content (AvgIpc) is 2.40. The third kappa shape index (κ3) is 2.98. The van der Waals surface area contributed by atoms with Gasteiger partial charge < -0.3 is 9.64 Å². The van der Waals surface area contributed by atoms with Crippen molar-refractivity contribution >= 4 is 5.97 Å². The molecule has 0 N–H and O–H groups in total. The van der Waals surface area contributed by atoms with E-state index in [4.69, 9.17) is 4.74 Å². The van der Waals surface area contributed by atoms with Crippen LogP contribution in [-0.4, -0.2) is 37.1 Å². The van der Waals surface area contributed by atoms with Gasteiger partial charge >= 0.3 is 5.97 Å². The second-order valence-electron chi connectivity index (χ2n) is 5.71. The van der Waals surface area contributed by atoms with Gasteiger partial charge in [-0.25, -0.2) is 0 Å². The minimum absolute atomic E-state index is 0.0623. The van der Waals surface area contributed by atoms with E-state index in [2.05, 4.69) is 11.9 Å². The van der Waals surface area contributed by atoms with Crippen LogP contribution in [0.1, 0.15) is 32.3 Å². The molecule has 1 aromatic rings. The van der Waals surface area contributed by atoms with E-state index < -0.39 is 5.41 Å². The second kappa shape index (κ2) is 5.74. The summed E-state index contributed by atoms with van der Waals surface area (Å²) in [6.07, 6.45) is 1.60. The summed E-state index contributed by atoms with van der Waals surface area (Å²) in [5.41, 5.74) is 0.631. The number of carbonyl (C=O) groups is 1. The number of likely N-dealkylation sites (tertiary alicyclic amines) is 1. The largest absolute Gasteiger partial charge is 0.462 e. The van der Waals surface area contributed by atoms with E-state index in [1.54, 1.807) is 0 Å². The molecule has 1 heterocycles. The van der Waals surface area contributed by atoms with Crippen molar-refractivity contribution in [1.82, 2.24) is 4.90 Å². The van der Waals surface area contributed by atoms with E-state index in [1.807, 2.05) is 44.2 Å². The molecule has 0 aromatic heterocycles. The SMILES string of the molecule is CC(C)OC(=O)C1(c2ccccc2)CCN(C)CC1. The molecule has 19 heavy (non-hydrogen) atoms. The van der Waals surface area contributed by atoms with Crippen molar-refractivity contribution in [3.05, 3.63) is 35.9 Å². The van der Waals surface area contributed by atoms with Gasteiger partial charge in [0.15, 0.2) is 0 Å². The lowest BCUT2D eigenvalue weighted by molar-refractivity contribution is -0.156. The lowest BCUT2D eigenvalue weighted by atomic mass is 9.73. The summed E-state index contributed by atoms with van der Waals surface area (Å²) in [4.78, 5) is 14.9. The molecule has 3 heteroatoms. The summed E-state index contributed by atoms with van der Waals surface area (Å²) in [6.45, 7) is 5.68. The molecule has 0 bridgehead atoms. The first kappa shape index (κ1) is 14.1. The van der Waals surface area contributed by atoms with Gasteiger partial charge in [0.05, 0.1) is 11.5 Å². The molecule has 0 aliphatic carbocycles. The Hall–Kier alpha value is -1.35. The van der Waals surface area contributed by atoms with E-state index in [0.717, 1.165) is 31.5 Å². The number of ether oxygens (including phenoxy) is 1. The first-order chi connectivity index (χ1) is 9.04. The van der Waals surface area contributed by atoms with Crippen molar-refractivity contribution in [2.24, 2.45) is 0 Å². The predicted molar refractivity (Wildman–Crippen MR) is 76.1 cm³/mol. The number of rotatable bonds is 3. The Morgan fingerprint density at radius 2 is 1.79 bits per heavy atom. The van der Waals surface area contributed by atoms with Gasteiger partial charge in [0.2, 0.25) is 0 Å². The van der Waals surface area contributed by atoms with Crippen LogP contribution < -0.4 is 0 Å². The molecule has 1 aliphatic rings. The number of nitrogens with zero attached hydrogens (tertiary/aromatic N) is 1. The summed E-state index contributed by atoms with van der Waals surface area (Å²) >= 11 is 0. The first-order valence-electron chi connectivity index (χ1n) is 7.00. The summed E-state index contributed by atoms with van der Waals surface area (Å²) in [7, 11) is 2.10. The van der Waals surface area contributed by atoms with Gasteiger partial charge in [0, 0.05) is 0 Å². The Bertz CT molecular complexity index is 420. The van der Waals surface area contributed by atoms with E-state index in [9.17, 15) is 4.79 Å². The molecule has 1 fully saturated rings. The highest BCUT2D eigenvalue weighted by molar-refractivity contribution is 5.83. The maximum atomic E-state index is 12.6. The van der Waals surface area contributed by atoms with Gasteiger partial charge in [-0.1, -0.05) is 30.3 Å². The van der Waals surface area contributed by atoms with Gasteiger partial charge in [0.1, 0.15) is 0 Å². The highest BCUT2D eigenvalue weighted by Gasteiger charge is 2.43. The fourth-order valence-electron chi connectivity index (χ4n) is 2.69. The topological polar surface area (TPSA) is 29.5 Å². The minimum Gasteiger partial charge on any atom is -0.462 e. The number of benzene rings is 1. The molecule has 104 valence electrons. The highest BCUT2D eigenvalue weighted by Crippen LogP contribution is 2.36. The van der Waals surface area contributed by atoms with E-state index in [0.29, 0.717) is 0 Å². The third-order valence-corrected chi connectivity index (χ3v) is 3.90. The number of hydrogen-bond acceptors (Lipinski definition) is 3. The van der Waals surface area contributed by atoms with Crippen LogP contribution in [0.3, 0.4) is 0 Å². The van der Waals surface area contributed by atoms with Gasteiger partial charge in [0.25, 0.3) is 0 Å². The summed E-state index contributed by atoms with van der Waals surface area (Å²) in [5, 5.41) is 0. The van der Waals surface area contributed by atoms with Crippen LogP contribution >= 0.6 is 0 Å². The Balaban J connectivity index is 2.31. The molecule has 0 saturated carbocycles. The quantitative estimate of drug-likeness (QED) is 0.783. The molecule has 0 radical (unpaired) electrons. The third-order valence-electron chi connectivity index (χ3n) is 3.90. The normalized spacial score (nSPS) is 19.4. The van der Waals surface area contributed by atoms with Crippen LogP contribution in [0.5, 0.6) is 0 Å². The number of esters is 1. The predicted octanol–water partition coefficient (Wildman–Crippen LogP) is 2.60. The molecule has 0 amide bonds. The van der Waals surface area contributed by atoms with Crippen molar-refractivity contribution in [3.8, 4) is 0 Å². The standard InChI is InChI=1S/C16H23NO2/c1-13(2)19-15(18)16(9-11-17(3)12-10-16)14-7-5-4-6-8-14/h4-8,13H,9-12H2,1-3H3. The monoisotopic (exact) mass is 261 g/mol. The molecular weight excluding hydrogens is 238 g/mol. The Labute approximate surface area is 115 Å². The van der Waals surface area contributed by atoms with Crippen molar-refractivity contribution < 1.29 is 9.53 Å². The van der Waals surface area contributed by atoms with E-state index in [-0.39, 0.29) is 12.1 Å². The maximum Gasteiger partial charge on any atom is 0.316 e. The van der Waals surface area contributed by atoms with E-state index >= 15 is 0 Å². The maximum absolute atomic E-state index is 12.6. The summed E-state index contributed by atoms with van der Waals surface area (Å²) < 4.78 is 5.53. The number of piperidine rings is 1. The van der Waals surface area contributed by atoms with Crippen LogP contribution in [-0.2, 0) is 14.9 Å². The fraction of sp³-hybridized carbons (Fsp3) is 0.562. The van der Waals surface area contributed by atoms with Crippen LogP contribution in [0.2, 0.25) is 0 Å². The molecule has 1 aliphatic heterocycles. The van der Waals surface area contributed by atoms with Gasteiger partial charge in [-0.15, -0.1) is 0 Å². The molecule has 0 spiro atoms. The summed E-state index contributed by atoms with van der Waals surface area (Å²) in [5.74, 6) is -0.0678. The van der Waals surface area contributed by atoms with Crippen LogP contribution in [0.25, 0.3) is 0 Å². The van der Waals surface area contributed by atoms with Crippen LogP contribution in [0.4, 0.5) is 0 Å². The van der Waals surface area contributed by atoms with Crippen molar-refractivity contribution in [2.75, 3.05) is 20.1 Å². The van der Waals surface area contributed by atoms with E-state index in [1.165, 1.54) is 0 Å². The van der Waals surface area contributed by atoms with Crippen molar-refractivity contribution in [1.29, 1.82) is 0 Å². The smallest absolute Gasteiger partial charge is 0.316 e.